The Hall–Kier alpha value is 0.0300. The maximum absolute atomic E-state index is 5.51. The maximum Gasteiger partial charge on any atom is 0.119 e. The molecule has 86 valence electrons. The van der Waals surface area contributed by atoms with Gasteiger partial charge in [0, 0.05) is 0 Å². The summed E-state index contributed by atoms with van der Waals surface area (Å²) in [5.41, 5.74) is 0. The average molecular weight is 267 g/mol. The molecule has 0 unspecified atom stereocenters. The van der Waals surface area contributed by atoms with E-state index < -0.39 is 0 Å². The first-order chi connectivity index (χ1) is 7.35. The summed E-state index contributed by atoms with van der Waals surface area (Å²) in [6.07, 6.45) is 3.66. The molecular formula is C11H17Cl2OP. The summed E-state index contributed by atoms with van der Waals surface area (Å²) in [5.74, 6) is 0.980. The van der Waals surface area contributed by atoms with E-state index in [1.807, 2.05) is 30.3 Å². The van der Waals surface area contributed by atoms with Gasteiger partial charge < -0.3 is 4.74 Å². The van der Waals surface area contributed by atoms with Crippen LogP contribution in [0.15, 0.2) is 30.3 Å². The number of para-hydroxylation sites is 1. The van der Waals surface area contributed by atoms with Crippen LogP contribution in [-0.2, 0) is 0 Å². The molecule has 0 aliphatic heterocycles. The van der Waals surface area contributed by atoms with Gasteiger partial charge in [0.25, 0.3) is 0 Å². The summed E-state index contributed by atoms with van der Waals surface area (Å²) < 4.78 is 5.51. The number of hydrogen-bond donors (Lipinski definition) is 0. The van der Waals surface area contributed by atoms with E-state index in [0.717, 1.165) is 18.8 Å². The van der Waals surface area contributed by atoms with E-state index in [0.29, 0.717) is 0 Å². The Morgan fingerprint density at radius 3 is 2.27 bits per heavy atom. The van der Waals surface area contributed by atoms with Gasteiger partial charge in [-0.2, -0.15) is 0 Å². The van der Waals surface area contributed by atoms with Gasteiger partial charge in [-0.15, -0.1) is 0 Å². The fraction of sp³-hybridized carbons (Fsp3) is 0.455. The van der Waals surface area contributed by atoms with Gasteiger partial charge in [-0.05, 0) is 18.6 Å². The molecule has 0 aromatic heterocycles. The Morgan fingerprint density at radius 1 is 1.13 bits per heavy atom. The van der Waals surface area contributed by atoms with Crippen LogP contribution in [0.5, 0.6) is 5.75 Å². The van der Waals surface area contributed by atoms with Crippen molar-refractivity contribution in [2.45, 2.75) is 26.2 Å². The molecule has 0 radical (unpaired) electrons. The highest BCUT2D eigenvalue weighted by Gasteiger charge is 1.89. The van der Waals surface area contributed by atoms with Crippen molar-refractivity contribution >= 4 is 29.8 Å². The molecule has 0 atom stereocenters. The van der Waals surface area contributed by atoms with Crippen LogP contribution in [0.3, 0.4) is 0 Å². The first kappa shape index (κ1) is 15.0. The molecule has 0 saturated heterocycles. The van der Waals surface area contributed by atoms with E-state index in [1.165, 1.54) is 12.8 Å². The van der Waals surface area contributed by atoms with E-state index >= 15 is 0 Å². The van der Waals surface area contributed by atoms with Gasteiger partial charge in [0.2, 0.25) is 0 Å². The molecule has 0 bridgehead atoms. The van der Waals surface area contributed by atoms with Gasteiger partial charge in [-0.3, -0.25) is 0 Å². The number of halogens is 2. The van der Waals surface area contributed by atoms with Crippen LogP contribution in [0.25, 0.3) is 0 Å². The number of benzene rings is 1. The second-order valence-electron chi connectivity index (χ2n) is 2.94. The highest BCUT2D eigenvalue weighted by atomic mass is 35.9. The topological polar surface area (TPSA) is 9.23 Å². The normalized spacial score (nSPS) is 9.00. The largest absolute Gasteiger partial charge is 0.494 e. The summed E-state index contributed by atoms with van der Waals surface area (Å²) in [7, 11) is 0.0278. The number of unbranched alkanes of at least 4 members (excludes halogenated alkanes) is 2. The predicted octanol–water partition coefficient (Wildman–Crippen LogP) is 5.23. The third-order valence-corrected chi connectivity index (χ3v) is 1.76. The van der Waals surface area contributed by atoms with Crippen molar-refractivity contribution in [3.8, 4) is 5.75 Å². The zero-order chi connectivity index (χ0) is 11.4. The Kier molecular flexibility index (Phi) is 12.1. The second-order valence-corrected chi connectivity index (χ2v) is 4.80. The summed E-state index contributed by atoms with van der Waals surface area (Å²) >= 11 is 9.58. The van der Waals surface area contributed by atoms with Crippen molar-refractivity contribution in [3.63, 3.8) is 0 Å². The lowest BCUT2D eigenvalue weighted by Crippen LogP contribution is -1.96. The molecule has 0 aliphatic carbocycles. The van der Waals surface area contributed by atoms with Gasteiger partial charge in [0.15, 0.2) is 0 Å². The van der Waals surface area contributed by atoms with Gasteiger partial charge in [0.05, 0.1) is 13.9 Å². The molecular weight excluding hydrogens is 250 g/mol. The molecule has 0 aliphatic rings. The summed E-state index contributed by atoms with van der Waals surface area (Å²) in [4.78, 5) is 0. The molecule has 1 nitrogen and oxygen atoms in total. The molecule has 0 amide bonds. The van der Waals surface area contributed by atoms with E-state index in [2.05, 4.69) is 6.92 Å². The van der Waals surface area contributed by atoms with Crippen LogP contribution in [0.2, 0.25) is 0 Å². The van der Waals surface area contributed by atoms with E-state index in [4.69, 9.17) is 27.2 Å². The minimum atomic E-state index is 0.0278. The molecule has 0 fully saturated rings. The minimum absolute atomic E-state index is 0.0278. The highest BCUT2D eigenvalue weighted by molar-refractivity contribution is 7.90. The number of hydrogen-bond acceptors (Lipinski definition) is 1. The molecule has 1 aromatic rings. The third-order valence-electron chi connectivity index (χ3n) is 1.76. The lowest BCUT2D eigenvalue weighted by atomic mass is 10.3. The van der Waals surface area contributed by atoms with Crippen LogP contribution >= 0.6 is 29.8 Å². The smallest absolute Gasteiger partial charge is 0.119 e. The van der Waals surface area contributed by atoms with Crippen LogP contribution in [-0.4, -0.2) is 6.61 Å². The first-order valence-electron chi connectivity index (χ1n) is 4.99. The lowest BCUT2D eigenvalue weighted by molar-refractivity contribution is 0.306. The van der Waals surface area contributed by atoms with Crippen molar-refractivity contribution in [2.24, 2.45) is 0 Å². The lowest BCUT2D eigenvalue weighted by Gasteiger charge is -2.04. The SMILES string of the molecule is CCCCCOc1ccccc1.ClPCl. The summed E-state index contributed by atoms with van der Waals surface area (Å²) in [6, 6.07) is 9.97. The summed E-state index contributed by atoms with van der Waals surface area (Å²) in [5, 5.41) is 0. The van der Waals surface area contributed by atoms with Crippen molar-refractivity contribution in [1.29, 1.82) is 0 Å². The van der Waals surface area contributed by atoms with E-state index in [9.17, 15) is 0 Å². The second kappa shape index (κ2) is 12.1. The van der Waals surface area contributed by atoms with Crippen molar-refractivity contribution in [1.82, 2.24) is 0 Å². The quantitative estimate of drug-likeness (QED) is 0.524. The van der Waals surface area contributed by atoms with E-state index in [1.54, 1.807) is 0 Å². The molecule has 15 heavy (non-hydrogen) atoms. The van der Waals surface area contributed by atoms with E-state index in [-0.39, 0.29) is 7.29 Å². The van der Waals surface area contributed by atoms with Gasteiger partial charge >= 0.3 is 0 Å². The Bertz CT molecular complexity index is 219. The van der Waals surface area contributed by atoms with Crippen molar-refractivity contribution in [2.75, 3.05) is 6.61 Å². The van der Waals surface area contributed by atoms with Crippen molar-refractivity contribution in [3.05, 3.63) is 30.3 Å². The monoisotopic (exact) mass is 266 g/mol. The molecule has 4 heteroatoms. The standard InChI is InChI=1S/C11H16O.Cl2HP/c1-2-3-7-10-12-11-8-5-4-6-9-11;1-3-2/h4-6,8-9H,2-3,7,10H2,1H3;3H. The average Bonchev–Trinajstić information content (AvgIpc) is 2.27. The zero-order valence-electron chi connectivity index (χ0n) is 8.88. The van der Waals surface area contributed by atoms with Crippen LogP contribution in [0.4, 0.5) is 0 Å². The molecule has 0 saturated carbocycles. The minimum Gasteiger partial charge on any atom is -0.494 e. The van der Waals surface area contributed by atoms with Crippen LogP contribution in [0.1, 0.15) is 26.2 Å². The van der Waals surface area contributed by atoms with Gasteiger partial charge in [-0.1, -0.05) is 60.4 Å². The van der Waals surface area contributed by atoms with Gasteiger partial charge in [-0.25, -0.2) is 0 Å². The van der Waals surface area contributed by atoms with Crippen molar-refractivity contribution < 1.29 is 4.74 Å². The molecule has 1 rings (SSSR count). The Morgan fingerprint density at radius 2 is 1.73 bits per heavy atom. The fourth-order valence-corrected chi connectivity index (χ4v) is 1.06. The van der Waals surface area contributed by atoms with Gasteiger partial charge in [0.1, 0.15) is 5.75 Å². The number of rotatable bonds is 5. The third kappa shape index (κ3) is 10.3. The molecule has 0 N–H and O–H groups in total. The Balaban J connectivity index is 0.000000583. The highest BCUT2D eigenvalue weighted by Crippen LogP contribution is 2.19. The van der Waals surface area contributed by atoms with Crippen LogP contribution < -0.4 is 4.74 Å². The Labute approximate surface area is 103 Å². The number of ether oxygens (including phenoxy) is 1. The zero-order valence-corrected chi connectivity index (χ0v) is 11.4. The molecule has 0 heterocycles. The predicted molar refractivity (Wildman–Crippen MR) is 71.5 cm³/mol. The fourth-order valence-electron chi connectivity index (χ4n) is 1.06. The van der Waals surface area contributed by atoms with Crippen LogP contribution in [0, 0.1) is 0 Å². The maximum atomic E-state index is 5.51. The first-order valence-corrected chi connectivity index (χ1v) is 8.01. The molecule has 0 spiro atoms. The molecule has 1 aromatic carbocycles. The summed E-state index contributed by atoms with van der Waals surface area (Å²) in [6.45, 7) is 3.04.